The Balaban J connectivity index is 1.66. The zero-order chi connectivity index (χ0) is 22.1. The predicted molar refractivity (Wildman–Crippen MR) is 115 cm³/mol. The van der Waals surface area contributed by atoms with Gasteiger partial charge in [0.2, 0.25) is 5.91 Å². The van der Waals surface area contributed by atoms with Gasteiger partial charge in [-0.2, -0.15) is 5.10 Å². The van der Waals surface area contributed by atoms with Crippen molar-refractivity contribution in [1.82, 2.24) is 19.3 Å². The second-order valence-electron chi connectivity index (χ2n) is 6.68. The van der Waals surface area contributed by atoms with Gasteiger partial charge in [-0.25, -0.2) is 9.67 Å². The summed E-state index contributed by atoms with van der Waals surface area (Å²) in [5, 5.41) is 18.8. The Morgan fingerprint density at radius 2 is 2.00 bits per heavy atom. The van der Waals surface area contributed by atoms with E-state index in [1.54, 1.807) is 31.2 Å². The number of fused-ring (bicyclic) bond motifs is 1. The predicted octanol–water partition coefficient (Wildman–Crippen LogP) is 3.09. The van der Waals surface area contributed by atoms with Crippen LogP contribution >= 0.6 is 11.6 Å². The monoisotopic (exact) mass is 438 g/mol. The molecule has 11 heteroatoms. The van der Waals surface area contributed by atoms with Gasteiger partial charge < -0.3 is 5.32 Å². The number of nitro benzene ring substituents is 1. The van der Waals surface area contributed by atoms with Crippen molar-refractivity contribution >= 4 is 39.9 Å². The molecule has 10 nitrogen and oxygen atoms in total. The SMILES string of the molecule is Cc1c(Cl)cccc1NC(=O)Cn1cnc2c(cnn2-c2ccccc2[N+](=O)[O-])c1=O. The normalized spacial score (nSPS) is 10.9. The highest BCUT2D eigenvalue weighted by Gasteiger charge is 2.19. The fourth-order valence-electron chi connectivity index (χ4n) is 3.12. The number of para-hydroxylation sites is 2. The largest absolute Gasteiger partial charge is 0.324 e. The van der Waals surface area contributed by atoms with Crippen molar-refractivity contribution in [3.63, 3.8) is 0 Å². The highest BCUT2D eigenvalue weighted by atomic mass is 35.5. The van der Waals surface area contributed by atoms with E-state index in [9.17, 15) is 19.7 Å². The molecule has 2 aromatic carbocycles. The average molecular weight is 439 g/mol. The minimum absolute atomic E-state index is 0.132. The lowest BCUT2D eigenvalue weighted by Gasteiger charge is -2.10. The van der Waals surface area contributed by atoms with Gasteiger partial charge >= 0.3 is 0 Å². The van der Waals surface area contributed by atoms with Gasteiger partial charge in [0, 0.05) is 16.8 Å². The fourth-order valence-corrected chi connectivity index (χ4v) is 3.30. The number of amides is 1. The van der Waals surface area contributed by atoms with E-state index < -0.39 is 16.4 Å². The Labute approximate surface area is 179 Å². The highest BCUT2D eigenvalue weighted by Crippen LogP contribution is 2.24. The van der Waals surface area contributed by atoms with Gasteiger partial charge in [0.25, 0.3) is 11.2 Å². The van der Waals surface area contributed by atoms with Gasteiger partial charge in [0.1, 0.15) is 23.9 Å². The number of carbonyl (C=O) groups excluding carboxylic acids is 1. The first-order valence-electron chi connectivity index (χ1n) is 9.08. The number of nitrogens with zero attached hydrogens (tertiary/aromatic N) is 5. The van der Waals surface area contributed by atoms with Crippen molar-refractivity contribution in [2.24, 2.45) is 0 Å². The molecule has 1 amide bonds. The molecule has 4 aromatic rings. The summed E-state index contributed by atoms with van der Waals surface area (Å²) in [5.41, 5.74) is 0.929. The number of hydrogen-bond donors (Lipinski definition) is 1. The summed E-state index contributed by atoms with van der Waals surface area (Å²) < 4.78 is 2.37. The number of nitrogens with one attached hydrogen (secondary N) is 1. The van der Waals surface area contributed by atoms with Gasteiger partial charge in [-0.3, -0.25) is 24.3 Å². The first-order valence-corrected chi connectivity index (χ1v) is 9.46. The lowest BCUT2D eigenvalue weighted by molar-refractivity contribution is -0.384. The molecular formula is C20H15ClN6O4. The van der Waals surface area contributed by atoms with Gasteiger partial charge in [0.15, 0.2) is 5.65 Å². The van der Waals surface area contributed by atoms with Gasteiger partial charge in [-0.1, -0.05) is 29.8 Å². The topological polar surface area (TPSA) is 125 Å². The van der Waals surface area contributed by atoms with Crippen LogP contribution in [0.3, 0.4) is 0 Å². The molecule has 0 unspecified atom stereocenters. The number of carbonyl (C=O) groups is 1. The highest BCUT2D eigenvalue weighted by molar-refractivity contribution is 6.31. The maximum absolute atomic E-state index is 12.8. The average Bonchev–Trinajstić information content (AvgIpc) is 3.18. The third-order valence-corrected chi connectivity index (χ3v) is 5.13. The summed E-state index contributed by atoms with van der Waals surface area (Å²) >= 11 is 6.06. The van der Waals surface area contributed by atoms with Crippen LogP contribution in [-0.4, -0.2) is 30.2 Å². The van der Waals surface area contributed by atoms with Crippen LogP contribution in [0, 0.1) is 17.0 Å². The summed E-state index contributed by atoms with van der Waals surface area (Å²) in [6, 6.07) is 11.1. The van der Waals surface area contributed by atoms with Crippen LogP contribution in [-0.2, 0) is 11.3 Å². The van der Waals surface area contributed by atoms with Crippen molar-refractivity contribution in [2.75, 3.05) is 5.32 Å². The molecule has 2 aromatic heterocycles. The Morgan fingerprint density at radius 3 is 2.77 bits per heavy atom. The molecule has 0 radical (unpaired) electrons. The van der Waals surface area contributed by atoms with E-state index in [1.165, 1.54) is 35.4 Å². The van der Waals surface area contributed by atoms with Crippen LogP contribution in [0.25, 0.3) is 16.7 Å². The molecule has 4 rings (SSSR count). The minimum atomic E-state index is -0.535. The van der Waals surface area contributed by atoms with Crippen molar-refractivity contribution in [3.05, 3.63) is 86.0 Å². The molecule has 0 bridgehead atoms. The molecule has 0 fully saturated rings. The summed E-state index contributed by atoms with van der Waals surface area (Å²) in [6.07, 6.45) is 2.49. The van der Waals surface area contributed by atoms with E-state index in [1.807, 2.05) is 0 Å². The maximum atomic E-state index is 12.8. The molecule has 2 heterocycles. The number of halogens is 1. The summed E-state index contributed by atoms with van der Waals surface area (Å²) in [4.78, 5) is 40.3. The molecule has 156 valence electrons. The van der Waals surface area contributed by atoms with E-state index >= 15 is 0 Å². The number of hydrogen-bond acceptors (Lipinski definition) is 6. The Morgan fingerprint density at radius 1 is 1.23 bits per heavy atom. The molecule has 0 aliphatic heterocycles. The van der Waals surface area contributed by atoms with Gasteiger partial charge in [0.05, 0.1) is 11.1 Å². The molecule has 1 N–H and O–H groups in total. The summed E-state index contributed by atoms with van der Waals surface area (Å²) in [7, 11) is 0. The Bertz CT molecular complexity index is 1390. The maximum Gasteiger partial charge on any atom is 0.294 e. The van der Waals surface area contributed by atoms with Crippen LogP contribution in [0.2, 0.25) is 5.02 Å². The molecule has 0 atom stereocenters. The first kappa shape index (κ1) is 20.2. The van der Waals surface area contributed by atoms with Crippen molar-refractivity contribution < 1.29 is 9.72 Å². The van der Waals surface area contributed by atoms with Crippen LogP contribution in [0.4, 0.5) is 11.4 Å². The number of anilines is 1. The third kappa shape index (κ3) is 3.76. The first-order chi connectivity index (χ1) is 14.9. The van der Waals surface area contributed by atoms with Gasteiger partial charge in [-0.15, -0.1) is 0 Å². The zero-order valence-electron chi connectivity index (χ0n) is 16.2. The summed E-state index contributed by atoms with van der Waals surface area (Å²) in [5.74, 6) is -0.431. The lowest BCUT2D eigenvalue weighted by Crippen LogP contribution is -2.28. The molecule has 0 aliphatic carbocycles. The van der Waals surface area contributed by atoms with E-state index in [-0.39, 0.29) is 29.0 Å². The fraction of sp³-hybridized carbons (Fsp3) is 0.100. The van der Waals surface area contributed by atoms with E-state index in [0.29, 0.717) is 16.3 Å². The smallest absolute Gasteiger partial charge is 0.294 e. The van der Waals surface area contributed by atoms with Crippen molar-refractivity contribution in [3.8, 4) is 5.69 Å². The molecule has 0 saturated carbocycles. The van der Waals surface area contributed by atoms with Crippen molar-refractivity contribution in [2.45, 2.75) is 13.5 Å². The van der Waals surface area contributed by atoms with Gasteiger partial charge in [-0.05, 0) is 30.7 Å². The standard InChI is InChI=1S/C20H15ClN6O4/c1-12-14(21)5-4-6-15(12)24-18(28)10-25-11-22-19-13(20(25)29)9-23-26(19)16-7-2-3-8-17(16)27(30)31/h2-9,11H,10H2,1H3,(H,24,28). The second-order valence-corrected chi connectivity index (χ2v) is 7.08. The zero-order valence-corrected chi connectivity index (χ0v) is 16.9. The van der Waals surface area contributed by atoms with Crippen molar-refractivity contribution in [1.29, 1.82) is 0 Å². The molecule has 31 heavy (non-hydrogen) atoms. The van der Waals surface area contributed by atoms with Crippen LogP contribution in [0.5, 0.6) is 0 Å². The number of nitro groups is 1. The lowest BCUT2D eigenvalue weighted by atomic mass is 10.2. The van der Waals surface area contributed by atoms with Crippen LogP contribution in [0.1, 0.15) is 5.56 Å². The molecule has 0 spiro atoms. The quantitative estimate of drug-likeness (QED) is 0.377. The Kier molecular flexibility index (Phi) is 5.22. The van der Waals surface area contributed by atoms with Crippen LogP contribution in [0.15, 0.2) is 59.8 Å². The molecule has 0 saturated heterocycles. The molecule has 0 aliphatic rings. The van der Waals surface area contributed by atoms with E-state index in [2.05, 4.69) is 15.4 Å². The van der Waals surface area contributed by atoms with E-state index in [4.69, 9.17) is 11.6 Å². The molecular weight excluding hydrogens is 424 g/mol. The van der Waals surface area contributed by atoms with Crippen LogP contribution < -0.4 is 10.9 Å². The second kappa shape index (κ2) is 8.00. The number of rotatable bonds is 5. The van der Waals surface area contributed by atoms with E-state index in [0.717, 1.165) is 4.57 Å². The third-order valence-electron chi connectivity index (χ3n) is 4.72. The Hall–Kier alpha value is -4.05. The number of aromatic nitrogens is 4. The summed E-state index contributed by atoms with van der Waals surface area (Å²) in [6.45, 7) is 1.50. The minimum Gasteiger partial charge on any atom is -0.324 e. The number of benzene rings is 2.